The first kappa shape index (κ1) is 21.9. The number of anilines is 1. The van der Waals surface area contributed by atoms with Gasteiger partial charge < -0.3 is 9.47 Å². The van der Waals surface area contributed by atoms with Gasteiger partial charge in [0, 0.05) is 10.9 Å². The summed E-state index contributed by atoms with van der Waals surface area (Å²) in [6.45, 7) is 0.897. The van der Waals surface area contributed by atoms with E-state index in [1.165, 1.54) is 19.1 Å². The van der Waals surface area contributed by atoms with Crippen molar-refractivity contribution in [3.8, 4) is 23.1 Å². The number of carbonyl (C=O) groups excluding carboxylic acids is 2. The number of para-hydroxylation sites is 1. The zero-order valence-electron chi connectivity index (χ0n) is 16.1. The van der Waals surface area contributed by atoms with Crippen LogP contribution in [-0.2, 0) is 14.3 Å². The van der Waals surface area contributed by atoms with Gasteiger partial charge in [0.25, 0.3) is 5.91 Å². The molecule has 0 unspecified atom stereocenters. The molecule has 0 aliphatic rings. The number of esters is 1. The molecule has 0 saturated carbocycles. The highest BCUT2D eigenvalue weighted by molar-refractivity contribution is 7.14. The molecule has 3 rings (SSSR count). The number of hydrogen-bond donors (Lipinski definition) is 1. The summed E-state index contributed by atoms with van der Waals surface area (Å²) in [5.41, 5.74) is 0.972. The van der Waals surface area contributed by atoms with Crippen molar-refractivity contribution in [2.45, 2.75) is 13.0 Å². The first-order valence-corrected chi connectivity index (χ1v) is 9.78. The van der Waals surface area contributed by atoms with Gasteiger partial charge in [-0.15, -0.1) is 11.3 Å². The Labute approximate surface area is 179 Å². The SMILES string of the molecule is C[C@@H](OC(=O)COc1ccccc1C#N)C(=O)Nc1nc(-c2ccc(F)c(F)c2)cs1. The average Bonchev–Trinajstić information content (AvgIpc) is 3.22. The van der Waals surface area contributed by atoms with Crippen LogP contribution in [0.15, 0.2) is 47.8 Å². The van der Waals surface area contributed by atoms with Gasteiger partial charge in [0.2, 0.25) is 0 Å². The number of hydrogen-bond acceptors (Lipinski definition) is 7. The molecule has 7 nitrogen and oxygen atoms in total. The van der Waals surface area contributed by atoms with Crippen LogP contribution >= 0.6 is 11.3 Å². The van der Waals surface area contributed by atoms with Crippen LogP contribution in [0.2, 0.25) is 0 Å². The molecule has 1 aromatic heterocycles. The molecule has 0 spiro atoms. The Hall–Kier alpha value is -3.84. The normalized spacial score (nSPS) is 11.3. The molecule has 0 aliphatic heterocycles. The number of nitrogens with one attached hydrogen (secondary N) is 1. The van der Waals surface area contributed by atoms with Gasteiger partial charge in [0.05, 0.1) is 11.3 Å². The second kappa shape index (κ2) is 9.77. The van der Waals surface area contributed by atoms with Crippen LogP contribution in [0.5, 0.6) is 5.75 Å². The highest BCUT2D eigenvalue weighted by Gasteiger charge is 2.20. The zero-order valence-corrected chi connectivity index (χ0v) is 16.9. The summed E-state index contributed by atoms with van der Waals surface area (Å²) in [5, 5.41) is 13.3. The van der Waals surface area contributed by atoms with Crippen molar-refractivity contribution in [1.29, 1.82) is 5.26 Å². The van der Waals surface area contributed by atoms with E-state index in [4.69, 9.17) is 14.7 Å². The third-order valence-electron chi connectivity index (χ3n) is 3.98. The maximum atomic E-state index is 13.4. The molecule has 158 valence electrons. The summed E-state index contributed by atoms with van der Waals surface area (Å²) in [4.78, 5) is 28.3. The number of nitriles is 1. The Morgan fingerprint density at radius 1 is 1.23 bits per heavy atom. The van der Waals surface area contributed by atoms with Crippen molar-refractivity contribution in [2.24, 2.45) is 0 Å². The molecule has 0 saturated heterocycles. The third kappa shape index (κ3) is 5.61. The van der Waals surface area contributed by atoms with Crippen molar-refractivity contribution >= 4 is 28.3 Å². The highest BCUT2D eigenvalue weighted by Crippen LogP contribution is 2.26. The Kier molecular flexibility index (Phi) is 6.89. The van der Waals surface area contributed by atoms with Crippen molar-refractivity contribution in [3.05, 3.63) is 65.0 Å². The molecule has 0 fully saturated rings. The summed E-state index contributed by atoms with van der Waals surface area (Å²) >= 11 is 1.08. The summed E-state index contributed by atoms with van der Waals surface area (Å²) in [7, 11) is 0. The van der Waals surface area contributed by atoms with Gasteiger partial charge in [-0.05, 0) is 37.3 Å². The summed E-state index contributed by atoms with van der Waals surface area (Å²) in [5.74, 6) is -3.17. The average molecular weight is 443 g/mol. The van der Waals surface area contributed by atoms with E-state index >= 15 is 0 Å². The van der Waals surface area contributed by atoms with Gasteiger partial charge in [-0.25, -0.2) is 18.6 Å². The molecule has 1 amide bonds. The number of carbonyl (C=O) groups is 2. The fraction of sp³-hybridized carbons (Fsp3) is 0.143. The minimum absolute atomic E-state index is 0.201. The molecule has 0 radical (unpaired) electrons. The minimum atomic E-state index is -1.14. The lowest BCUT2D eigenvalue weighted by Crippen LogP contribution is -2.31. The quantitative estimate of drug-likeness (QED) is 0.556. The molecule has 1 N–H and O–H groups in total. The van der Waals surface area contributed by atoms with E-state index in [0.29, 0.717) is 11.3 Å². The van der Waals surface area contributed by atoms with Gasteiger partial charge in [-0.2, -0.15) is 5.26 Å². The summed E-state index contributed by atoms with van der Waals surface area (Å²) < 4.78 is 36.7. The molecular formula is C21H15F2N3O4S. The molecule has 10 heteroatoms. The fourth-order valence-electron chi connectivity index (χ4n) is 2.43. The third-order valence-corrected chi connectivity index (χ3v) is 4.74. The number of benzene rings is 2. The minimum Gasteiger partial charge on any atom is -0.481 e. The molecule has 0 aliphatic carbocycles. The van der Waals surface area contributed by atoms with Crippen molar-refractivity contribution in [1.82, 2.24) is 4.98 Å². The number of ether oxygens (including phenoxy) is 2. The van der Waals surface area contributed by atoms with Gasteiger partial charge in [0.15, 0.2) is 29.5 Å². The van der Waals surface area contributed by atoms with E-state index in [0.717, 1.165) is 23.5 Å². The zero-order chi connectivity index (χ0) is 22.4. The van der Waals surface area contributed by atoms with E-state index in [9.17, 15) is 18.4 Å². The smallest absolute Gasteiger partial charge is 0.344 e. The number of amides is 1. The van der Waals surface area contributed by atoms with E-state index in [1.54, 1.807) is 23.6 Å². The second-order valence-electron chi connectivity index (χ2n) is 6.18. The Bertz CT molecular complexity index is 1160. The van der Waals surface area contributed by atoms with Gasteiger partial charge in [0.1, 0.15) is 11.8 Å². The standard InChI is InChI=1S/C21H15F2N3O4S/c1-12(30-19(27)10-29-18-5-3-2-4-14(18)9-24)20(28)26-21-25-17(11-31-21)13-6-7-15(22)16(23)8-13/h2-8,11-12H,10H2,1H3,(H,25,26,28)/t12-/m1/s1. The lowest BCUT2D eigenvalue weighted by molar-refractivity contribution is -0.155. The van der Waals surface area contributed by atoms with Crippen LogP contribution in [0.25, 0.3) is 11.3 Å². The number of aromatic nitrogens is 1. The Morgan fingerprint density at radius 2 is 2.00 bits per heavy atom. The maximum absolute atomic E-state index is 13.4. The predicted octanol–water partition coefficient (Wildman–Crippen LogP) is 3.91. The van der Waals surface area contributed by atoms with Crippen LogP contribution in [0.1, 0.15) is 12.5 Å². The molecule has 0 bridgehead atoms. The maximum Gasteiger partial charge on any atom is 0.344 e. The number of nitrogens with zero attached hydrogens (tertiary/aromatic N) is 2. The van der Waals surface area contributed by atoms with E-state index in [1.807, 2.05) is 6.07 Å². The molecular weight excluding hydrogens is 428 g/mol. The monoisotopic (exact) mass is 443 g/mol. The predicted molar refractivity (Wildman–Crippen MR) is 108 cm³/mol. The molecule has 31 heavy (non-hydrogen) atoms. The largest absolute Gasteiger partial charge is 0.481 e. The number of rotatable bonds is 7. The second-order valence-corrected chi connectivity index (χ2v) is 7.04. The number of thiazole rings is 1. The van der Waals surface area contributed by atoms with Crippen LogP contribution in [0, 0.1) is 23.0 Å². The van der Waals surface area contributed by atoms with Crippen molar-refractivity contribution in [2.75, 3.05) is 11.9 Å². The molecule has 1 heterocycles. The van der Waals surface area contributed by atoms with Crippen molar-refractivity contribution < 1.29 is 27.8 Å². The topological polar surface area (TPSA) is 101 Å². The van der Waals surface area contributed by atoms with E-state index in [-0.39, 0.29) is 16.4 Å². The fourth-order valence-corrected chi connectivity index (χ4v) is 3.16. The van der Waals surface area contributed by atoms with E-state index < -0.39 is 36.2 Å². The number of halogens is 2. The lowest BCUT2D eigenvalue weighted by Gasteiger charge is -2.13. The van der Waals surface area contributed by atoms with Crippen LogP contribution in [0.3, 0.4) is 0 Å². The summed E-state index contributed by atoms with van der Waals surface area (Å²) in [6.07, 6.45) is -1.14. The van der Waals surface area contributed by atoms with Crippen LogP contribution in [-0.4, -0.2) is 29.6 Å². The van der Waals surface area contributed by atoms with Gasteiger partial charge >= 0.3 is 5.97 Å². The van der Waals surface area contributed by atoms with Gasteiger partial charge in [-0.1, -0.05) is 12.1 Å². The first-order valence-electron chi connectivity index (χ1n) is 8.90. The van der Waals surface area contributed by atoms with E-state index in [2.05, 4.69) is 10.3 Å². The first-order chi connectivity index (χ1) is 14.9. The lowest BCUT2D eigenvalue weighted by atomic mass is 10.2. The Balaban J connectivity index is 1.53. The van der Waals surface area contributed by atoms with Gasteiger partial charge in [-0.3, -0.25) is 10.1 Å². The molecule has 2 aromatic carbocycles. The molecule has 3 aromatic rings. The van der Waals surface area contributed by atoms with Crippen molar-refractivity contribution in [3.63, 3.8) is 0 Å². The summed E-state index contributed by atoms with van der Waals surface area (Å²) in [6, 6.07) is 11.7. The van der Waals surface area contributed by atoms with Crippen LogP contribution in [0.4, 0.5) is 13.9 Å². The van der Waals surface area contributed by atoms with Crippen LogP contribution < -0.4 is 10.1 Å². The molecule has 1 atom stereocenters. The highest BCUT2D eigenvalue weighted by atomic mass is 32.1. The Morgan fingerprint density at radius 3 is 2.74 bits per heavy atom.